The number of rotatable bonds is 2. The van der Waals surface area contributed by atoms with Gasteiger partial charge in [-0.2, -0.15) is 0 Å². The molecule has 0 aliphatic carbocycles. The predicted octanol–water partition coefficient (Wildman–Crippen LogP) is 6.64. The standard InChI is InChI=1S/C18H10O2S2/c1-3-13(19-7-1)15-11-5-9-22-18(11)16(14-4-2-8-20-14)12-6-10-21-17(12)15/h1-10H. The van der Waals surface area contributed by atoms with Crippen molar-refractivity contribution in [3.8, 4) is 22.6 Å². The monoisotopic (exact) mass is 322 g/mol. The van der Waals surface area contributed by atoms with Crippen molar-refractivity contribution in [1.82, 2.24) is 0 Å². The van der Waals surface area contributed by atoms with Gasteiger partial charge in [0.15, 0.2) is 0 Å². The Labute approximate surface area is 134 Å². The van der Waals surface area contributed by atoms with Crippen molar-refractivity contribution in [3.05, 3.63) is 59.7 Å². The molecule has 5 aromatic rings. The average Bonchev–Trinajstić information content (AvgIpc) is 3.29. The van der Waals surface area contributed by atoms with Crippen LogP contribution in [0, 0.1) is 0 Å². The SMILES string of the molecule is c1coc(-c2c3ccsc3c(-c3ccco3)c3ccsc23)c1. The molecular formula is C18H10O2S2. The molecule has 0 fully saturated rings. The second kappa shape index (κ2) is 4.60. The quantitative estimate of drug-likeness (QED) is 0.364. The van der Waals surface area contributed by atoms with E-state index in [9.17, 15) is 0 Å². The first-order valence-corrected chi connectivity index (χ1v) is 8.67. The Kier molecular flexibility index (Phi) is 2.56. The number of benzene rings is 1. The molecule has 5 rings (SSSR count). The molecule has 0 bridgehead atoms. The summed E-state index contributed by atoms with van der Waals surface area (Å²) in [7, 11) is 0. The molecule has 0 N–H and O–H groups in total. The number of furan rings is 2. The average molecular weight is 322 g/mol. The van der Waals surface area contributed by atoms with Crippen molar-refractivity contribution in [2.75, 3.05) is 0 Å². The molecule has 22 heavy (non-hydrogen) atoms. The summed E-state index contributed by atoms with van der Waals surface area (Å²) in [6, 6.07) is 12.3. The molecule has 0 atom stereocenters. The Bertz CT molecular complexity index is 929. The minimum atomic E-state index is 0.918. The maximum atomic E-state index is 5.69. The lowest BCUT2D eigenvalue weighted by Crippen LogP contribution is -1.82. The minimum Gasteiger partial charge on any atom is -0.464 e. The zero-order chi connectivity index (χ0) is 14.5. The van der Waals surface area contributed by atoms with Crippen molar-refractivity contribution in [3.63, 3.8) is 0 Å². The fourth-order valence-corrected chi connectivity index (χ4v) is 4.91. The van der Waals surface area contributed by atoms with Gasteiger partial charge in [-0.15, -0.1) is 22.7 Å². The summed E-state index contributed by atoms with van der Waals surface area (Å²) in [5, 5.41) is 6.71. The highest BCUT2D eigenvalue weighted by molar-refractivity contribution is 7.20. The number of thiophene rings is 2. The Hall–Kier alpha value is -2.30. The van der Waals surface area contributed by atoms with E-state index in [0.29, 0.717) is 0 Å². The van der Waals surface area contributed by atoms with E-state index in [0.717, 1.165) is 11.5 Å². The fourth-order valence-electron chi connectivity index (χ4n) is 2.97. The van der Waals surface area contributed by atoms with E-state index in [-0.39, 0.29) is 0 Å². The number of hydrogen-bond donors (Lipinski definition) is 0. The Morgan fingerprint density at radius 2 is 1.14 bits per heavy atom. The van der Waals surface area contributed by atoms with Crippen LogP contribution in [0.3, 0.4) is 0 Å². The van der Waals surface area contributed by atoms with E-state index in [4.69, 9.17) is 8.83 Å². The molecule has 0 radical (unpaired) electrons. The summed E-state index contributed by atoms with van der Waals surface area (Å²) in [5.41, 5.74) is 2.36. The van der Waals surface area contributed by atoms with Crippen LogP contribution < -0.4 is 0 Å². The number of fused-ring (bicyclic) bond motifs is 2. The number of hydrogen-bond acceptors (Lipinski definition) is 4. The van der Waals surface area contributed by atoms with Crippen LogP contribution in [0.4, 0.5) is 0 Å². The third-order valence-corrected chi connectivity index (χ3v) is 5.72. The first-order valence-electron chi connectivity index (χ1n) is 6.91. The maximum Gasteiger partial charge on any atom is 0.135 e. The van der Waals surface area contributed by atoms with E-state index < -0.39 is 0 Å². The first-order chi connectivity index (χ1) is 10.9. The molecule has 0 aliphatic rings. The molecular weight excluding hydrogens is 312 g/mol. The Balaban J connectivity index is 2.02. The molecule has 0 saturated carbocycles. The van der Waals surface area contributed by atoms with E-state index >= 15 is 0 Å². The predicted molar refractivity (Wildman–Crippen MR) is 92.6 cm³/mol. The van der Waals surface area contributed by atoms with Crippen LogP contribution in [-0.4, -0.2) is 0 Å². The van der Waals surface area contributed by atoms with Crippen LogP contribution in [0.1, 0.15) is 0 Å². The van der Waals surface area contributed by atoms with Crippen molar-refractivity contribution in [2.45, 2.75) is 0 Å². The van der Waals surface area contributed by atoms with Gasteiger partial charge in [-0.25, -0.2) is 0 Å². The molecule has 0 unspecified atom stereocenters. The zero-order valence-corrected chi connectivity index (χ0v) is 13.0. The summed E-state index contributed by atoms with van der Waals surface area (Å²) >= 11 is 3.49. The van der Waals surface area contributed by atoms with Crippen molar-refractivity contribution in [1.29, 1.82) is 0 Å². The molecule has 106 valence electrons. The van der Waals surface area contributed by atoms with Gasteiger partial charge in [0, 0.05) is 31.3 Å². The molecule has 2 nitrogen and oxygen atoms in total. The van der Waals surface area contributed by atoms with Gasteiger partial charge in [-0.3, -0.25) is 0 Å². The van der Waals surface area contributed by atoms with E-state index in [1.165, 1.54) is 31.3 Å². The van der Waals surface area contributed by atoms with Crippen molar-refractivity contribution >= 4 is 42.8 Å². The summed E-state index contributed by atoms with van der Waals surface area (Å²) in [6.07, 6.45) is 3.46. The van der Waals surface area contributed by atoms with Crippen LogP contribution in [0.5, 0.6) is 0 Å². The van der Waals surface area contributed by atoms with Gasteiger partial charge in [0.1, 0.15) is 11.5 Å². The van der Waals surface area contributed by atoms with Gasteiger partial charge in [0.2, 0.25) is 0 Å². The molecule has 0 saturated heterocycles. The lowest BCUT2D eigenvalue weighted by atomic mass is 9.99. The van der Waals surface area contributed by atoms with E-state index in [1.54, 1.807) is 35.2 Å². The fraction of sp³-hybridized carbons (Fsp3) is 0. The molecule has 0 spiro atoms. The summed E-state index contributed by atoms with van der Waals surface area (Å²) in [5.74, 6) is 1.84. The van der Waals surface area contributed by atoms with Crippen LogP contribution in [0.15, 0.2) is 68.5 Å². The van der Waals surface area contributed by atoms with E-state index in [1.807, 2.05) is 24.3 Å². The Morgan fingerprint density at radius 3 is 1.55 bits per heavy atom. The summed E-state index contributed by atoms with van der Waals surface area (Å²) < 4.78 is 13.9. The van der Waals surface area contributed by atoms with Crippen LogP contribution in [0.25, 0.3) is 42.8 Å². The van der Waals surface area contributed by atoms with Gasteiger partial charge < -0.3 is 8.83 Å². The van der Waals surface area contributed by atoms with E-state index in [2.05, 4.69) is 22.9 Å². The molecule has 4 heterocycles. The van der Waals surface area contributed by atoms with Gasteiger partial charge >= 0.3 is 0 Å². The highest BCUT2D eigenvalue weighted by Gasteiger charge is 2.20. The molecule has 4 aromatic heterocycles. The second-order valence-corrected chi connectivity index (χ2v) is 6.86. The van der Waals surface area contributed by atoms with Crippen molar-refractivity contribution < 1.29 is 8.83 Å². The Morgan fingerprint density at radius 1 is 0.636 bits per heavy atom. The molecule has 4 heteroatoms. The highest BCUT2D eigenvalue weighted by Crippen LogP contribution is 2.47. The first kappa shape index (κ1) is 12.3. The van der Waals surface area contributed by atoms with Crippen LogP contribution >= 0.6 is 22.7 Å². The van der Waals surface area contributed by atoms with Crippen LogP contribution in [-0.2, 0) is 0 Å². The van der Waals surface area contributed by atoms with Gasteiger partial charge in [0.05, 0.1) is 12.5 Å². The third kappa shape index (κ3) is 1.59. The summed E-state index contributed by atoms with van der Waals surface area (Å²) in [4.78, 5) is 0. The maximum absolute atomic E-state index is 5.69. The lowest BCUT2D eigenvalue weighted by molar-refractivity contribution is 0.582. The summed E-state index contributed by atoms with van der Waals surface area (Å²) in [6.45, 7) is 0. The van der Waals surface area contributed by atoms with Gasteiger partial charge in [0.25, 0.3) is 0 Å². The topological polar surface area (TPSA) is 26.3 Å². The zero-order valence-electron chi connectivity index (χ0n) is 11.4. The van der Waals surface area contributed by atoms with Gasteiger partial charge in [-0.1, -0.05) is 0 Å². The largest absolute Gasteiger partial charge is 0.464 e. The third-order valence-electron chi connectivity index (χ3n) is 3.86. The van der Waals surface area contributed by atoms with Gasteiger partial charge in [-0.05, 0) is 47.2 Å². The molecule has 0 amide bonds. The van der Waals surface area contributed by atoms with Crippen LogP contribution in [0.2, 0.25) is 0 Å². The highest BCUT2D eigenvalue weighted by atomic mass is 32.1. The lowest BCUT2D eigenvalue weighted by Gasteiger charge is -2.08. The normalized spacial score (nSPS) is 11.6. The molecule has 1 aromatic carbocycles. The molecule has 0 aliphatic heterocycles. The van der Waals surface area contributed by atoms with Crippen molar-refractivity contribution in [2.24, 2.45) is 0 Å². The smallest absolute Gasteiger partial charge is 0.135 e. The second-order valence-electron chi connectivity index (χ2n) is 5.03. The minimum absolute atomic E-state index is 0.918.